The minimum atomic E-state index is -0.244. The van der Waals surface area contributed by atoms with Gasteiger partial charge in [-0.25, -0.2) is 0 Å². The monoisotopic (exact) mass is 271 g/mol. The summed E-state index contributed by atoms with van der Waals surface area (Å²) in [6, 6.07) is 4.67. The molecule has 4 N–H and O–H groups in total. The summed E-state index contributed by atoms with van der Waals surface area (Å²) in [5.41, 5.74) is 6.29. The Morgan fingerprint density at radius 1 is 1.61 bits per heavy atom. The molecule has 0 aliphatic carbocycles. The van der Waals surface area contributed by atoms with Crippen LogP contribution >= 0.6 is 11.6 Å². The maximum Gasteiger partial charge on any atom is 0.226 e. The molecule has 0 heterocycles. The number of halogens is 1. The molecule has 1 rings (SSSR count). The maximum absolute atomic E-state index is 11.6. The average Bonchev–Trinajstić information content (AvgIpc) is 2.35. The minimum absolute atomic E-state index is 0.103. The van der Waals surface area contributed by atoms with Gasteiger partial charge in [-0.2, -0.15) is 0 Å². The van der Waals surface area contributed by atoms with Crippen molar-refractivity contribution in [3.63, 3.8) is 0 Å². The topological polar surface area (TPSA) is 96.9 Å². The summed E-state index contributed by atoms with van der Waals surface area (Å²) in [7, 11) is 1.51. The van der Waals surface area contributed by atoms with Gasteiger partial charge in [0.25, 0.3) is 0 Å². The van der Waals surface area contributed by atoms with Crippen LogP contribution in [0.15, 0.2) is 23.4 Å². The molecule has 0 radical (unpaired) electrons. The second-order valence-corrected chi connectivity index (χ2v) is 3.90. The van der Waals surface area contributed by atoms with Gasteiger partial charge < -0.3 is 21.0 Å². The number of benzene rings is 1. The molecule has 0 aliphatic heterocycles. The number of carbonyl (C=O) groups is 1. The summed E-state index contributed by atoms with van der Waals surface area (Å²) in [5, 5.41) is 14.6. The summed E-state index contributed by atoms with van der Waals surface area (Å²) in [6.07, 6.45) is 0.207. The van der Waals surface area contributed by atoms with Crippen molar-refractivity contribution in [3.8, 4) is 0 Å². The summed E-state index contributed by atoms with van der Waals surface area (Å²) >= 11 is 5.83. The zero-order chi connectivity index (χ0) is 13.5. The smallest absolute Gasteiger partial charge is 0.226 e. The van der Waals surface area contributed by atoms with Crippen LogP contribution in [0.25, 0.3) is 0 Å². The molecule has 0 unspecified atom stereocenters. The molecule has 0 atom stereocenters. The van der Waals surface area contributed by atoms with Crippen LogP contribution in [0.3, 0.4) is 0 Å². The van der Waals surface area contributed by atoms with Crippen molar-refractivity contribution in [2.45, 2.75) is 6.42 Å². The molecule has 6 nitrogen and oxygen atoms in total. The number of anilines is 1. The number of oxime groups is 1. The molecule has 1 amide bonds. The number of hydrogen-bond acceptors (Lipinski definition) is 4. The molecule has 18 heavy (non-hydrogen) atoms. The van der Waals surface area contributed by atoms with Gasteiger partial charge in [0.2, 0.25) is 5.91 Å². The lowest BCUT2D eigenvalue weighted by Gasteiger charge is -2.10. The number of nitrogens with two attached hydrogens (primary N) is 1. The Hall–Kier alpha value is -1.79. The van der Waals surface area contributed by atoms with Crippen molar-refractivity contribution in [2.24, 2.45) is 10.9 Å². The molecule has 0 saturated carbocycles. The largest absolute Gasteiger partial charge is 0.409 e. The van der Waals surface area contributed by atoms with Crippen molar-refractivity contribution in [2.75, 3.05) is 19.0 Å². The Morgan fingerprint density at radius 3 is 2.94 bits per heavy atom. The summed E-state index contributed by atoms with van der Waals surface area (Å²) in [5.74, 6) is -0.347. The van der Waals surface area contributed by atoms with Gasteiger partial charge in [0.05, 0.1) is 18.7 Å². The third-order valence-corrected chi connectivity index (χ3v) is 2.41. The number of nitrogens with zero attached hydrogens (tertiary/aromatic N) is 1. The number of rotatable bonds is 5. The molecule has 7 heteroatoms. The van der Waals surface area contributed by atoms with E-state index >= 15 is 0 Å². The molecular weight excluding hydrogens is 258 g/mol. The van der Waals surface area contributed by atoms with Gasteiger partial charge in [0.15, 0.2) is 5.84 Å². The zero-order valence-electron chi connectivity index (χ0n) is 9.81. The van der Waals surface area contributed by atoms with Crippen molar-refractivity contribution in [3.05, 3.63) is 28.8 Å². The summed E-state index contributed by atoms with van der Waals surface area (Å²) < 4.78 is 4.80. The van der Waals surface area contributed by atoms with Crippen LogP contribution in [-0.2, 0) is 9.53 Å². The van der Waals surface area contributed by atoms with Crippen LogP contribution in [0, 0.1) is 0 Å². The van der Waals surface area contributed by atoms with Gasteiger partial charge in [0.1, 0.15) is 0 Å². The van der Waals surface area contributed by atoms with E-state index in [1.54, 1.807) is 12.1 Å². The summed E-state index contributed by atoms with van der Waals surface area (Å²) in [6.45, 7) is 0.311. The highest BCUT2D eigenvalue weighted by molar-refractivity contribution is 6.31. The fourth-order valence-electron chi connectivity index (χ4n) is 1.30. The third kappa shape index (κ3) is 3.90. The lowest BCUT2D eigenvalue weighted by atomic mass is 10.1. The first kappa shape index (κ1) is 14.3. The van der Waals surface area contributed by atoms with Crippen LogP contribution in [0.5, 0.6) is 0 Å². The van der Waals surface area contributed by atoms with E-state index in [4.69, 9.17) is 27.3 Å². The van der Waals surface area contributed by atoms with Crippen LogP contribution in [0.1, 0.15) is 12.0 Å². The predicted octanol–water partition coefficient (Wildman–Crippen LogP) is 1.41. The second-order valence-electron chi connectivity index (χ2n) is 3.47. The summed E-state index contributed by atoms with van der Waals surface area (Å²) in [4.78, 5) is 11.6. The molecule has 98 valence electrons. The van der Waals surface area contributed by atoms with E-state index in [2.05, 4.69) is 10.5 Å². The highest BCUT2D eigenvalue weighted by Gasteiger charge is 2.10. The van der Waals surface area contributed by atoms with E-state index in [0.29, 0.717) is 22.9 Å². The van der Waals surface area contributed by atoms with Gasteiger partial charge in [0, 0.05) is 17.7 Å². The second kappa shape index (κ2) is 6.83. The number of amides is 1. The van der Waals surface area contributed by atoms with E-state index in [1.807, 2.05) is 0 Å². The Kier molecular flexibility index (Phi) is 5.41. The quantitative estimate of drug-likeness (QED) is 0.326. The highest BCUT2D eigenvalue weighted by atomic mass is 35.5. The molecule has 0 aromatic heterocycles. The van der Waals surface area contributed by atoms with Gasteiger partial charge in [-0.1, -0.05) is 16.8 Å². The molecular formula is C11H14ClN3O3. The fraction of sp³-hybridized carbons (Fsp3) is 0.273. The Balaban J connectivity index is 2.92. The van der Waals surface area contributed by atoms with E-state index in [9.17, 15) is 4.79 Å². The average molecular weight is 272 g/mol. The normalized spacial score (nSPS) is 11.3. The standard InChI is InChI=1S/C11H14ClN3O3/c1-18-5-4-10(16)14-9-6-7(12)2-3-8(9)11(13)15-17/h2-3,6,17H,4-5H2,1H3,(H2,13,15)(H,14,16). The number of ether oxygens (including phenoxy) is 1. The van der Waals surface area contributed by atoms with Gasteiger partial charge >= 0.3 is 0 Å². The van der Waals surface area contributed by atoms with E-state index in [1.165, 1.54) is 13.2 Å². The molecule has 0 fully saturated rings. The van der Waals surface area contributed by atoms with Gasteiger partial charge in [-0.15, -0.1) is 0 Å². The Morgan fingerprint density at radius 2 is 2.33 bits per heavy atom. The van der Waals surface area contributed by atoms with Crippen LogP contribution in [0.2, 0.25) is 5.02 Å². The van der Waals surface area contributed by atoms with Crippen molar-refractivity contribution in [1.82, 2.24) is 0 Å². The number of amidine groups is 1. The SMILES string of the molecule is COCCC(=O)Nc1cc(Cl)ccc1C(N)=NO. The lowest BCUT2D eigenvalue weighted by Crippen LogP contribution is -2.19. The first-order valence-electron chi connectivity index (χ1n) is 5.14. The molecule has 0 aliphatic rings. The third-order valence-electron chi connectivity index (χ3n) is 2.17. The number of methoxy groups -OCH3 is 1. The molecule has 0 spiro atoms. The van der Waals surface area contributed by atoms with E-state index in [-0.39, 0.29) is 18.2 Å². The van der Waals surface area contributed by atoms with Gasteiger partial charge in [-0.3, -0.25) is 4.79 Å². The van der Waals surface area contributed by atoms with Gasteiger partial charge in [-0.05, 0) is 18.2 Å². The molecule has 1 aromatic carbocycles. The van der Waals surface area contributed by atoms with Crippen molar-refractivity contribution in [1.29, 1.82) is 0 Å². The maximum atomic E-state index is 11.6. The number of hydrogen-bond donors (Lipinski definition) is 3. The van der Waals surface area contributed by atoms with Crippen LogP contribution in [-0.4, -0.2) is 30.7 Å². The first-order valence-corrected chi connectivity index (χ1v) is 5.52. The van der Waals surface area contributed by atoms with E-state index in [0.717, 1.165) is 0 Å². The van der Waals surface area contributed by atoms with Crippen molar-refractivity contribution >= 4 is 29.0 Å². The Labute approximate surface area is 109 Å². The number of nitrogens with one attached hydrogen (secondary N) is 1. The minimum Gasteiger partial charge on any atom is -0.409 e. The van der Waals surface area contributed by atoms with Crippen molar-refractivity contribution < 1.29 is 14.7 Å². The highest BCUT2D eigenvalue weighted by Crippen LogP contribution is 2.21. The predicted molar refractivity (Wildman–Crippen MR) is 69.1 cm³/mol. The molecule has 1 aromatic rings. The molecule has 0 saturated heterocycles. The fourth-order valence-corrected chi connectivity index (χ4v) is 1.48. The van der Waals surface area contributed by atoms with Crippen LogP contribution in [0.4, 0.5) is 5.69 Å². The molecule has 0 bridgehead atoms. The zero-order valence-corrected chi connectivity index (χ0v) is 10.6. The van der Waals surface area contributed by atoms with E-state index < -0.39 is 0 Å². The first-order chi connectivity index (χ1) is 8.58. The van der Waals surface area contributed by atoms with Crippen LogP contribution < -0.4 is 11.1 Å². The lowest BCUT2D eigenvalue weighted by molar-refractivity contribution is -0.117. The number of carbonyl (C=O) groups excluding carboxylic acids is 1. The Bertz CT molecular complexity index is 463.